The first-order chi connectivity index (χ1) is 6.66. The van der Waals surface area contributed by atoms with Crippen molar-refractivity contribution in [2.75, 3.05) is 13.1 Å². The van der Waals surface area contributed by atoms with Crippen LogP contribution in [0.2, 0.25) is 0 Å². The molecule has 0 spiro atoms. The molecule has 0 saturated heterocycles. The Kier molecular flexibility index (Phi) is 4.10. The van der Waals surface area contributed by atoms with Gasteiger partial charge in [-0.25, -0.2) is 0 Å². The highest BCUT2D eigenvalue weighted by atomic mass is 16.5. The lowest BCUT2D eigenvalue weighted by atomic mass is 10.1. The van der Waals surface area contributed by atoms with Gasteiger partial charge < -0.3 is 15.6 Å². The van der Waals surface area contributed by atoms with Gasteiger partial charge in [0, 0.05) is 11.6 Å². The molecule has 0 aliphatic carbocycles. The second-order valence-corrected chi connectivity index (χ2v) is 3.56. The van der Waals surface area contributed by atoms with Gasteiger partial charge in [0.25, 0.3) is 0 Å². The van der Waals surface area contributed by atoms with Crippen molar-refractivity contribution < 1.29 is 4.52 Å². The van der Waals surface area contributed by atoms with E-state index in [2.05, 4.69) is 17.4 Å². The quantitative estimate of drug-likeness (QED) is 0.698. The van der Waals surface area contributed by atoms with Crippen molar-refractivity contribution in [3.8, 4) is 0 Å². The van der Waals surface area contributed by atoms with Crippen molar-refractivity contribution in [2.24, 2.45) is 5.73 Å². The maximum atomic E-state index is 5.42. The zero-order valence-corrected chi connectivity index (χ0v) is 9.13. The molecule has 0 fully saturated rings. The van der Waals surface area contributed by atoms with Crippen molar-refractivity contribution in [1.82, 2.24) is 10.5 Å². The highest BCUT2D eigenvalue weighted by Gasteiger charge is 2.15. The SMILES string of the molecule is Cc1noc(C)c1C(C)NCCCN. The molecule has 0 aliphatic rings. The number of aromatic nitrogens is 1. The highest BCUT2D eigenvalue weighted by Crippen LogP contribution is 2.20. The Labute approximate surface area is 84.8 Å². The zero-order valence-electron chi connectivity index (χ0n) is 9.13. The number of hydrogen-bond acceptors (Lipinski definition) is 4. The minimum absolute atomic E-state index is 0.285. The molecule has 3 N–H and O–H groups in total. The lowest BCUT2D eigenvalue weighted by molar-refractivity contribution is 0.390. The van der Waals surface area contributed by atoms with E-state index in [0.717, 1.165) is 31.0 Å². The third kappa shape index (κ3) is 2.56. The van der Waals surface area contributed by atoms with Crippen molar-refractivity contribution in [3.63, 3.8) is 0 Å². The fraction of sp³-hybridized carbons (Fsp3) is 0.700. The third-order valence-electron chi connectivity index (χ3n) is 2.35. The Morgan fingerprint density at radius 1 is 1.50 bits per heavy atom. The van der Waals surface area contributed by atoms with Crippen LogP contribution in [0.4, 0.5) is 0 Å². The lowest BCUT2D eigenvalue weighted by Crippen LogP contribution is -2.22. The minimum atomic E-state index is 0.285. The summed E-state index contributed by atoms with van der Waals surface area (Å²) in [5.74, 6) is 0.898. The van der Waals surface area contributed by atoms with Crippen LogP contribution in [0.15, 0.2) is 4.52 Å². The smallest absolute Gasteiger partial charge is 0.138 e. The number of aryl methyl sites for hydroxylation is 2. The second kappa shape index (κ2) is 5.12. The topological polar surface area (TPSA) is 64.1 Å². The summed E-state index contributed by atoms with van der Waals surface area (Å²) in [6, 6.07) is 0.285. The summed E-state index contributed by atoms with van der Waals surface area (Å²) in [5, 5.41) is 7.31. The van der Waals surface area contributed by atoms with E-state index in [4.69, 9.17) is 10.3 Å². The number of rotatable bonds is 5. The Hall–Kier alpha value is -0.870. The van der Waals surface area contributed by atoms with Crippen LogP contribution in [0.25, 0.3) is 0 Å². The van der Waals surface area contributed by atoms with E-state index < -0.39 is 0 Å². The van der Waals surface area contributed by atoms with Crippen molar-refractivity contribution >= 4 is 0 Å². The Balaban J connectivity index is 2.55. The summed E-state index contributed by atoms with van der Waals surface area (Å²) in [6.07, 6.45) is 0.994. The van der Waals surface area contributed by atoms with E-state index in [1.54, 1.807) is 0 Å². The van der Waals surface area contributed by atoms with Crippen LogP contribution in [-0.2, 0) is 0 Å². The van der Waals surface area contributed by atoms with Gasteiger partial charge in [0.15, 0.2) is 0 Å². The molecule has 0 amide bonds. The number of nitrogens with one attached hydrogen (secondary N) is 1. The number of hydrogen-bond donors (Lipinski definition) is 2. The van der Waals surface area contributed by atoms with Crippen LogP contribution in [0, 0.1) is 13.8 Å². The Morgan fingerprint density at radius 2 is 2.21 bits per heavy atom. The summed E-state index contributed by atoms with van der Waals surface area (Å²) < 4.78 is 5.11. The van der Waals surface area contributed by atoms with Crippen LogP contribution < -0.4 is 11.1 Å². The first-order valence-electron chi connectivity index (χ1n) is 5.03. The van der Waals surface area contributed by atoms with E-state index in [-0.39, 0.29) is 6.04 Å². The summed E-state index contributed by atoms with van der Waals surface area (Å²) >= 11 is 0. The molecular weight excluding hydrogens is 178 g/mol. The van der Waals surface area contributed by atoms with Crippen LogP contribution in [0.3, 0.4) is 0 Å². The van der Waals surface area contributed by atoms with Crippen LogP contribution in [0.5, 0.6) is 0 Å². The molecule has 1 atom stereocenters. The molecule has 0 saturated carbocycles. The maximum Gasteiger partial charge on any atom is 0.138 e. The lowest BCUT2D eigenvalue weighted by Gasteiger charge is -2.12. The number of nitrogens with two attached hydrogens (primary N) is 1. The molecule has 1 unspecified atom stereocenters. The second-order valence-electron chi connectivity index (χ2n) is 3.56. The largest absolute Gasteiger partial charge is 0.361 e. The van der Waals surface area contributed by atoms with Gasteiger partial charge in [-0.3, -0.25) is 0 Å². The summed E-state index contributed by atoms with van der Waals surface area (Å²) in [7, 11) is 0. The van der Waals surface area contributed by atoms with Gasteiger partial charge in [0.1, 0.15) is 5.76 Å². The van der Waals surface area contributed by atoms with Gasteiger partial charge in [-0.1, -0.05) is 5.16 Å². The van der Waals surface area contributed by atoms with E-state index in [1.807, 2.05) is 13.8 Å². The van der Waals surface area contributed by atoms with E-state index >= 15 is 0 Å². The maximum absolute atomic E-state index is 5.42. The van der Waals surface area contributed by atoms with E-state index in [0.29, 0.717) is 0 Å². The predicted octanol–water partition coefficient (Wildman–Crippen LogP) is 1.29. The van der Waals surface area contributed by atoms with Gasteiger partial charge >= 0.3 is 0 Å². The summed E-state index contributed by atoms with van der Waals surface area (Å²) in [6.45, 7) is 7.68. The number of nitrogens with zero attached hydrogens (tertiary/aromatic N) is 1. The van der Waals surface area contributed by atoms with Crippen molar-refractivity contribution in [3.05, 3.63) is 17.0 Å². The van der Waals surface area contributed by atoms with Gasteiger partial charge in [-0.05, 0) is 40.3 Å². The van der Waals surface area contributed by atoms with Gasteiger partial charge in [0.05, 0.1) is 5.69 Å². The molecule has 0 bridgehead atoms. The highest BCUT2D eigenvalue weighted by molar-refractivity contribution is 5.24. The average molecular weight is 197 g/mol. The standard InChI is InChI=1S/C10H19N3O/c1-7(12-6-4-5-11)10-8(2)13-14-9(10)3/h7,12H,4-6,11H2,1-3H3. The molecule has 1 heterocycles. The fourth-order valence-corrected chi connectivity index (χ4v) is 1.63. The van der Waals surface area contributed by atoms with E-state index in [1.165, 1.54) is 5.56 Å². The molecule has 4 nitrogen and oxygen atoms in total. The van der Waals surface area contributed by atoms with Crippen molar-refractivity contribution in [2.45, 2.75) is 33.2 Å². The molecule has 0 aliphatic heterocycles. The van der Waals surface area contributed by atoms with Gasteiger partial charge in [-0.2, -0.15) is 0 Å². The Morgan fingerprint density at radius 3 is 2.71 bits per heavy atom. The minimum Gasteiger partial charge on any atom is -0.361 e. The third-order valence-corrected chi connectivity index (χ3v) is 2.35. The predicted molar refractivity (Wildman–Crippen MR) is 56.1 cm³/mol. The molecule has 80 valence electrons. The first-order valence-corrected chi connectivity index (χ1v) is 5.03. The van der Waals surface area contributed by atoms with Crippen LogP contribution in [-0.4, -0.2) is 18.2 Å². The zero-order chi connectivity index (χ0) is 10.6. The molecular formula is C10H19N3O. The first kappa shape index (κ1) is 11.2. The molecule has 14 heavy (non-hydrogen) atoms. The van der Waals surface area contributed by atoms with Gasteiger partial charge in [-0.15, -0.1) is 0 Å². The van der Waals surface area contributed by atoms with Crippen LogP contribution >= 0.6 is 0 Å². The monoisotopic (exact) mass is 197 g/mol. The molecule has 4 heteroatoms. The molecule has 1 aromatic rings. The molecule has 0 aromatic carbocycles. The average Bonchev–Trinajstić information content (AvgIpc) is 2.46. The normalized spacial score (nSPS) is 13.1. The summed E-state index contributed by atoms with van der Waals surface area (Å²) in [5.41, 5.74) is 7.56. The van der Waals surface area contributed by atoms with Gasteiger partial charge in [0.2, 0.25) is 0 Å². The summed E-state index contributed by atoms with van der Waals surface area (Å²) in [4.78, 5) is 0. The van der Waals surface area contributed by atoms with E-state index in [9.17, 15) is 0 Å². The molecule has 1 rings (SSSR count). The van der Waals surface area contributed by atoms with Crippen molar-refractivity contribution in [1.29, 1.82) is 0 Å². The fourth-order valence-electron chi connectivity index (χ4n) is 1.63. The molecule has 0 radical (unpaired) electrons. The Bertz CT molecular complexity index is 263. The molecule has 1 aromatic heterocycles. The van der Waals surface area contributed by atoms with Crippen LogP contribution in [0.1, 0.15) is 36.4 Å².